The van der Waals surface area contributed by atoms with Crippen molar-refractivity contribution in [1.82, 2.24) is 19.8 Å². The Morgan fingerprint density at radius 3 is 2.73 bits per heavy atom. The van der Waals surface area contributed by atoms with Gasteiger partial charge in [-0.15, -0.1) is 0 Å². The molecule has 0 unspecified atom stereocenters. The molecule has 2 aliphatic rings. The van der Waals surface area contributed by atoms with Gasteiger partial charge in [-0.3, -0.25) is 9.59 Å². The Bertz CT molecular complexity index is 610. The molecule has 1 atom stereocenters. The minimum Gasteiger partial charge on any atom is -0.345 e. The molecule has 6 nitrogen and oxygen atoms in total. The van der Waals surface area contributed by atoms with Gasteiger partial charge in [-0.1, -0.05) is 0 Å². The summed E-state index contributed by atoms with van der Waals surface area (Å²) < 4.78 is 0. The van der Waals surface area contributed by atoms with Gasteiger partial charge in [0.2, 0.25) is 5.91 Å². The van der Waals surface area contributed by atoms with E-state index in [-0.39, 0.29) is 17.2 Å². The smallest absolute Gasteiger partial charge is 0.272 e. The Hall–Kier alpha value is -1.98. The first-order valence-corrected chi connectivity index (χ1v) is 7.78. The van der Waals surface area contributed by atoms with Crippen LogP contribution in [-0.4, -0.2) is 58.3 Å². The Morgan fingerprint density at radius 2 is 2.00 bits per heavy atom. The van der Waals surface area contributed by atoms with Gasteiger partial charge in [0.05, 0.1) is 5.41 Å². The van der Waals surface area contributed by atoms with Crippen molar-refractivity contribution in [2.24, 2.45) is 5.41 Å². The third kappa shape index (κ3) is 2.46. The van der Waals surface area contributed by atoms with Crippen molar-refractivity contribution in [3.05, 3.63) is 23.3 Å². The third-order valence-corrected chi connectivity index (χ3v) is 4.78. The van der Waals surface area contributed by atoms with E-state index in [0.717, 1.165) is 31.5 Å². The summed E-state index contributed by atoms with van der Waals surface area (Å²) in [5, 5.41) is 0. The molecule has 22 heavy (non-hydrogen) atoms. The van der Waals surface area contributed by atoms with Crippen molar-refractivity contribution in [2.75, 3.05) is 26.7 Å². The second kappa shape index (κ2) is 5.34. The maximum Gasteiger partial charge on any atom is 0.272 e. The lowest BCUT2D eigenvalue weighted by Gasteiger charge is -2.37. The number of piperidine rings is 1. The van der Waals surface area contributed by atoms with Crippen LogP contribution in [0.25, 0.3) is 0 Å². The number of carbonyl (C=O) groups is 2. The lowest BCUT2D eigenvalue weighted by Crippen LogP contribution is -2.48. The zero-order valence-electron chi connectivity index (χ0n) is 13.4. The van der Waals surface area contributed by atoms with E-state index in [4.69, 9.17) is 0 Å². The number of aryl methyl sites for hydroxylation is 2. The average Bonchev–Trinajstić information content (AvgIpc) is 2.88. The molecule has 0 N–H and O–H groups in total. The number of nitrogens with zero attached hydrogens (tertiary/aromatic N) is 4. The maximum absolute atomic E-state index is 12.7. The summed E-state index contributed by atoms with van der Waals surface area (Å²) in [5.74, 6) is 0.696. The van der Waals surface area contributed by atoms with Gasteiger partial charge in [0.1, 0.15) is 11.5 Å². The second-order valence-corrected chi connectivity index (χ2v) is 6.53. The van der Waals surface area contributed by atoms with Crippen LogP contribution >= 0.6 is 0 Å². The van der Waals surface area contributed by atoms with E-state index in [1.807, 2.05) is 14.0 Å². The van der Waals surface area contributed by atoms with Crippen molar-refractivity contribution < 1.29 is 9.59 Å². The molecule has 2 amide bonds. The summed E-state index contributed by atoms with van der Waals surface area (Å²) >= 11 is 0. The molecule has 1 aromatic heterocycles. The van der Waals surface area contributed by atoms with Gasteiger partial charge in [-0.2, -0.15) is 0 Å². The molecule has 6 heteroatoms. The first kappa shape index (κ1) is 14.9. The molecule has 0 aromatic carbocycles. The Balaban J connectivity index is 1.80. The van der Waals surface area contributed by atoms with Crippen LogP contribution in [0.4, 0.5) is 0 Å². The lowest BCUT2D eigenvalue weighted by molar-refractivity contribution is -0.143. The fourth-order valence-electron chi connectivity index (χ4n) is 3.68. The van der Waals surface area contributed by atoms with Crippen LogP contribution in [0.5, 0.6) is 0 Å². The number of hydrogen-bond acceptors (Lipinski definition) is 4. The van der Waals surface area contributed by atoms with Crippen LogP contribution in [0.3, 0.4) is 0 Å². The highest BCUT2D eigenvalue weighted by molar-refractivity contribution is 5.94. The number of hydrogen-bond donors (Lipinski definition) is 0. The number of amides is 2. The molecule has 2 fully saturated rings. The number of aromatic nitrogens is 2. The summed E-state index contributed by atoms with van der Waals surface area (Å²) in [5.41, 5.74) is 0.844. The van der Waals surface area contributed by atoms with E-state index in [0.29, 0.717) is 24.6 Å². The predicted octanol–water partition coefficient (Wildman–Crippen LogP) is 1.18. The molecule has 0 saturated carbocycles. The molecule has 0 radical (unpaired) electrons. The van der Waals surface area contributed by atoms with Crippen molar-refractivity contribution in [3.63, 3.8) is 0 Å². The molecule has 1 aromatic rings. The van der Waals surface area contributed by atoms with Gasteiger partial charge < -0.3 is 9.80 Å². The van der Waals surface area contributed by atoms with Crippen molar-refractivity contribution in [2.45, 2.75) is 33.1 Å². The zero-order chi connectivity index (χ0) is 15.9. The van der Waals surface area contributed by atoms with Crippen LogP contribution in [-0.2, 0) is 4.79 Å². The first-order valence-electron chi connectivity index (χ1n) is 7.78. The molecular weight excluding hydrogens is 280 g/mol. The van der Waals surface area contributed by atoms with Crippen LogP contribution < -0.4 is 0 Å². The Kier molecular flexibility index (Phi) is 3.62. The second-order valence-electron chi connectivity index (χ2n) is 6.53. The fourth-order valence-corrected chi connectivity index (χ4v) is 3.68. The maximum atomic E-state index is 12.7. The summed E-state index contributed by atoms with van der Waals surface area (Å²) in [6.45, 7) is 5.60. The van der Waals surface area contributed by atoms with E-state index in [2.05, 4.69) is 9.97 Å². The Labute approximate surface area is 130 Å². The van der Waals surface area contributed by atoms with Crippen LogP contribution in [0.1, 0.15) is 41.3 Å². The molecule has 2 aliphatic heterocycles. The topological polar surface area (TPSA) is 66.4 Å². The number of carbonyl (C=O) groups excluding carboxylic acids is 2. The lowest BCUT2D eigenvalue weighted by atomic mass is 9.78. The number of rotatable bonds is 1. The predicted molar refractivity (Wildman–Crippen MR) is 81.3 cm³/mol. The van der Waals surface area contributed by atoms with Crippen LogP contribution in [0, 0.1) is 19.3 Å². The van der Waals surface area contributed by atoms with Gasteiger partial charge in [0.15, 0.2) is 0 Å². The highest BCUT2D eigenvalue weighted by Crippen LogP contribution is 2.39. The van der Waals surface area contributed by atoms with E-state index < -0.39 is 0 Å². The normalized spacial score (nSPS) is 25.1. The molecular formula is C16H22N4O2. The largest absolute Gasteiger partial charge is 0.345 e. The van der Waals surface area contributed by atoms with Crippen molar-refractivity contribution in [1.29, 1.82) is 0 Å². The highest BCUT2D eigenvalue weighted by atomic mass is 16.2. The summed E-state index contributed by atoms with van der Waals surface area (Å²) in [7, 11) is 1.85. The summed E-state index contributed by atoms with van der Waals surface area (Å²) in [4.78, 5) is 37.2. The molecule has 118 valence electrons. The highest BCUT2D eigenvalue weighted by Gasteiger charge is 2.48. The van der Waals surface area contributed by atoms with Gasteiger partial charge in [-0.25, -0.2) is 9.97 Å². The zero-order valence-corrected chi connectivity index (χ0v) is 13.4. The van der Waals surface area contributed by atoms with E-state index in [1.165, 1.54) is 0 Å². The monoisotopic (exact) mass is 302 g/mol. The molecule has 0 aliphatic carbocycles. The summed E-state index contributed by atoms with van der Waals surface area (Å²) in [6.07, 6.45) is 2.64. The van der Waals surface area contributed by atoms with Crippen LogP contribution in [0.15, 0.2) is 6.07 Å². The Morgan fingerprint density at radius 1 is 1.23 bits per heavy atom. The number of likely N-dealkylation sites (tertiary alicyclic amines) is 2. The van der Waals surface area contributed by atoms with Gasteiger partial charge in [-0.05, 0) is 39.2 Å². The molecule has 3 heterocycles. The standard InChI is InChI=1S/C16H22N4O2/c1-11-9-13(18-12(2)17-11)14(21)20-8-6-16(10-20)5-4-7-19(3)15(16)22/h9H,4-8,10H2,1-3H3/t16-/m0/s1. The van der Waals surface area contributed by atoms with E-state index in [1.54, 1.807) is 22.8 Å². The van der Waals surface area contributed by atoms with Crippen LogP contribution in [0.2, 0.25) is 0 Å². The third-order valence-electron chi connectivity index (χ3n) is 4.78. The van der Waals surface area contributed by atoms with Gasteiger partial charge in [0.25, 0.3) is 5.91 Å². The SMILES string of the molecule is Cc1cc(C(=O)N2CC[C@@]3(CCCN(C)C3=O)C2)nc(C)n1. The minimum absolute atomic E-state index is 0.0912. The fraction of sp³-hybridized carbons (Fsp3) is 0.625. The van der Waals surface area contributed by atoms with Crippen molar-refractivity contribution >= 4 is 11.8 Å². The first-order chi connectivity index (χ1) is 10.4. The molecule has 1 spiro atoms. The molecule has 2 saturated heterocycles. The minimum atomic E-state index is -0.375. The summed E-state index contributed by atoms with van der Waals surface area (Å²) in [6, 6.07) is 1.72. The van der Waals surface area contributed by atoms with E-state index in [9.17, 15) is 9.59 Å². The van der Waals surface area contributed by atoms with E-state index >= 15 is 0 Å². The van der Waals surface area contributed by atoms with Gasteiger partial charge >= 0.3 is 0 Å². The quantitative estimate of drug-likeness (QED) is 0.781. The molecule has 0 bridgehead atoms. The molecule has 3 rings (SSSR count). The van der Waals surface area contributed by atoms with Crippen molar-refractivity contribution in [3.8, 4) is 0 Å². The van der Waals surface area contributed by atoms with Gasteiger partial charge in [0, 0.05) is 32.4 Å². The average molecular weight is 302 g/mol.